The van der Waals surface area contributed by atoms with Gasteiger partial charge >= 0.3 is 0 Å². The smallest absolute Gasteiger partial charge is 0.238 e. The Morgan fingerprint density at radius 1 is 1.00 bits per heavy atom. The lowest BCUT2D eigenvalue weighted by atomic mass is 10.1. The van der Waals surface area contributed by atoms with E-state index < -0.39 is 0 Å². The van der Waals surface area contributed by atoms with Crippen LogP contribution in [0.15, 0.2) is 54.6 Å². The Kier molecular flexibility index (Phi) is 5.44. The Morgan fingerprint density at radius 2 is 1.64 bits per heavy atom. The third-order valence-electron chi connectivity index (χ3n) is 3.28. The molecule has 0 saturated carbocycles. The highest BCUT2D eigenvalue weighted by atomic mass is 16.2. The van der Waals surface area contributed by atoms with Crippen LogP contribution in [0.2, 0.25) is 0 Å². The van der Waals surface area contributed by atoms with Gasteiger partial charge in [0.1, 0.15) is 0 Å². The van der Waals surface area contributed by atoms with Crippen LogP contribution in [-0.2, 0) is 11.3 Å². The number of nitrogens with one attached hydrogen (secondary N) is 1. The van der Waals surface area contributed by atoms with E-state index in [1.807, 2.05) is 42.3 Å². The molecule has 0 fully saturated rings. The maximum absolute atomic E-state index is 12.0. The van der Waals surface area contributed by atoms with E-state index in [0.29, 0.717) is 17.8 Å². The van der Waals surface area contributed by atoms with Crippen molar-refractivity contribution in [2.24, 2.45) is 0 Å². The van der Waals surface area contributed by atoms with Gasteiger partial charge in [-0.25, -0.2) is 0 Å². The summed E-state index contributed by atoms with van der Waals surface area (Å²) in [4.78, 5) is 25.2. The fourth-order valence-electron chi connectivity index (χ4n) is 2.18. The van der Waals surface area contributed by atoms with Gasteiger partial charge in [0, 0.05) is 17.8 Å². The Balaban J connectivity index is 1.85. The van der Waals surface area contributed by atoms with E-state index in [0.717, 1.165) is 6.54 Å². The summed E-state index contributed by atoms with van der Waals surface area (Å²) in [5.74, 6) is -0.0607. The third-order valence-corrected chi connectivity index (χ3v) is 3.28. The molecule has 22 heavy (non-hydrogen) atoms. The Bertz CT molecular complexity index is 636. The van der Waals surface area contributed by atoms with Crippen LogP contribution in [0.25, 0.3) is 0 Å². The number of Topliss-reactive ketones (excluding diaryl/α,β-unsaturated/α-hetero) is 1. The molecule has 0 atom stereocenters. The first-order valence-electron chi connectivity index (χ1n) is 7.18. The van der Waals surface area contributed by atoms with Crippen molar-refractivity contribution >= 4 is 17.4 Å². The van der Waals surface area contributed by atoms with Gasteiger partial charge in [0.05, 0.1) is 6.54 Å². The molecular formula is C18H20N2O2. The van der Waals surface area contributed by atoms with E-state index in [1.165, 1.54) is 12.5 Å². The second kappa shape index (κ2) is 7.52. The number of benzene rings is 2. The molecule has 0 saturated heterocycles. The minimum Gasteiger partial charge on any atom is -0.325 e. The topological polar surface area (TPSA) is 49.4 Å². The van der Waals surface area contributed by atoms with E-state index in [-0.39, 0.29) is 11.7 Å². The highest BCUT2D eigenvalue weighted by Crippen LogP contribution is 2.10. The van der Waals surface area contributed by atoms with Gasteiger partial charge in [0.15, 0.2) is 5.78 Å². The Morgan fingerprint density at radius 3 is 2.23 bits per heavy atom. The van der Waals surface area contributed by atoms with Crippen LogP contribution in [0.4, 0.5) is 5.69 Å². The molecule has 0 aliphatic carbocycles. The van der Waals surface area contributed by atoms with Crippen molar-refractivity contribution in [3.05, 3.63) is 65.7 Å². The molecule has 4 heteroatoms. The molecule has 1 N–H and O–H groups in total. The van der Waals surface area contributed by atoms with E-state index in [9.17, 15) is 9.59 Å². The molecule has 2 aromatic rings. The SMILES string of the molecule is CC(=O)c1ccc(NC(=O)CN(C)Cc2ccccc2)cc1. The third kappa shape index (κ3) is 4.82. The molecule has 0 bridgehead atoms. The predicted molar refractivity (Wildman–Crippen MR) is 87.9 cm³/mol. The lowest BCUT2D eigenvalue weighted by Gasteiger charge is -2.16. The number of carbonyl (C=O) groups is 2. The average molecular weight is 296 g/mol. The molecular weight excluding hydrogens is 276 g/mol. The average Bonchev–Trinajstić information content (AvgIpc) is 2.48. The van der Waals surface area contributed by atoms with Gasteiger partial charge in [-0.15, -0.1) is 0 Å². The zero-order valence-corrected chi connectivity index (χ0v) is 12.9. The first-order valence-corrected chi connectivity index (χ1v) is 7.18. The summed E-state index contributed by atoms with van der Waals surface area (Å²) in [5, 5.41) is 2.83. The number of hydrogen-bond donors (Lipinski definition) is 1. The number of carbonyl (C=O) groups excluding carboxylic acids is 2. The van der Waals surface area contributed by atoms with E-state index in [4.69, 9.17) is 0 Å². The maximum atomic E-state index is 12.0. The summed E-state index contributed by atoms with van der Waals surface area (Å²) in [6, 6.07) is 16.9. The van der Waals surface area contributed by atoms with Crippen molar-refractivity contribution in [2.75, 3.05) is 18.9 Å². The van der Waals surface area contributed by atoms with Crippen molar-refractivity contribution in [3.63, 3.8) is 0 Å². The summed E-state index contributed by atoms with van der Waals surface area (Å²) in [7, 11) is 1.91. The van der Waals surface area contributed by atoms with Crippen molar-refractivity contribution in [1.29, 1.82) is 0 Å². The van der Waals surface area contributed by atoms with Gasteiger partial charge in [0.25, 0.3) is 0 Å². The standard InChI is InChI=1S/C18H20N2O2/c1-14(21)16-8-10-17(11-9-16)19-18(22)13-20(2)12-15-6-4-3-5-7-15/h3-11H,12-13H2,1-2H3,(H,19,22). The molecule has 0 spiro atoms. The number of amides is 1. The molecule has 2 aromatic carbocycles. The quantitative estimate of drug-likeness (QED) is 0.834. The number of hydrogen-bond acceptors (Lipinski definition) is 3. The highest BCUT2D eigenvalue weighted by Gasteiger charge is 2.08. The Hall–Kier alpha value is -2.46. The Labute approximate surface area is 130 Å². The van der Waals surface area contributed by atoms with Crippen LogP contribution < -0.4 is 5.32 Å². The molecule has 2 rings (SSSR count). The lowest BCUT2D eigenvalue weighted by Crippen LogP contribution is -2.29. The van der Waals surface area contributed by atoms with Crippen molar-refractivity contribution < 1.29 is 9.59 Å². The fourth-order valence-corrected chi connectivity index (χ4v) is 2.18. The number of ketones is 1. The lowest BCUT2D eigenvalue weighted by molar-refractivity contribution is -0.117. The predicted octanol–water partition coefficient (Wildman–Crippen LogP) is 2.96. The van der Waals surface area contributed by atoms with Gasteiger partial charge < -0.3 is 5.32 Å². The van der Waals surface area contributed by atoms with E-state index in [1.54, 1.807) is 24.3 Å². The van der Waals surface area contributed by atoms with Gasteiger partial charge in [-0.05, 0) is 43.8 Å². The van der Waals surface area contributed by atoms with E-state index >= 15 is 0 Å². The first-order chi connectivity index (χ1) is 10.5. The second-order valence-corrected chi connectivity index (χ2v) is 5.34. The number of anilines is 1. The second-order valence-electron chi connectivity index (χ2n) is 5.34. The van der Waals surface area contributed by atoms with E-state index in [2.05, 4.69) is 5.32 Å². The first kappa shape index (κ1) is 15.9. The van der Waals surface area contributed by atoms with Crippen LogP contribution in [0, 0.1) is 0 Å². The molecule has 4 nitrogen and oxygen atoms in total. The summed E-state index contributed by atoms with van der Waals surface area (Å²) < 4.78 is 0. The van der Waals surface area contributed by atoms with Crippen molar-refractivity contribution in [3.8, 4) is 0 Å². The highest BCUT2D eigenvalue weighted by molar-refractivity contribution is 5.96. The van der Waals surface area contributed by atoms with Crippen LogP contribution >= 0.6 is 0 Å². The van der Waals surface area contributed by atoms with Gasteiger partial charge in [0.2, 0.25) is 5.91 Å². The molecule has 114 valence electrons. The van der Waals surface area contributed by atoms with Crippen molar-refractivity contribution in [1.82, 2.24) is 4.90 Å². The van der Waals surface area contributed by atoms with Gasteiger partial charge in [-0.2, -0.15) is 0 Å². The largest absolute Gasteiger partial charge is 0.325 e. The molecule has 0 unspecified atom stereocenters. The van der Waals surface area contributed by atoms with Gasteiger partial charge in [-0.3, -0.25) is 14.5 Å². The monoisotopic (exact) mass is 296 g/mol. The van der Waals surface area contributed by atoms with Crippen LogP contribution in [0.1, 0.15) is 22.8 Å². The van der Waals surface area contributed by atoms with Crippen LogP contribution in [0.5, 0.6) is 0 Å². The molecule has 0 heterocycles. The number of nitrogens with zero attached hydrogens (tertiary/aromatic N) is 1. The summed E-state index contributed by atoms with van der Waals surface area (Å²) in [5.41, 5.74) is 2.51. The van der Waals surface area contributed by atoms with Gasteiger partial charge in [-0.1, -0.05) is 30.3 Å². The zero-order valence-electron chi connectivity index (χ0n) is 12.9. The zero-order chi connectivity index (χ0) is 15.9. The summed E-state index contributed by atoms with van der Waals surface area (Å²) in [6.07, 6.45) is 0. The van der Waals surface area contributed by atoms with Crippen LogP contribution in [0.3, 0.4) is 0 Å². The summed E-state index contributed by atoms with van der Waals surface area (Å²) >= 11 is 0. The molecule has 0 aliphatic heterocycles. The minimum absolute atomic E-state index is 0.0143. The fraction of sp³-hybridized carbons (Fsp3) is 0.222. The normalized spacial score (nSPS) is 10.5. The number of rotatable bonds is 6. The molecule has 0 aliphatic rings. The maximum Gasteiger partial charge on any atom is 0.238 e. The number of likely N-dealkylation sites (N-methyl/N-ethyl adjacent to an activating group) is 1. The molecule has 0 radical (unpaired) electrons. The molecule has 0 aromatic heterocycles. The molecule has 1 amide bonds. The van der Waals surface area contributed by atoms with Crippen molar-refractivity contribution in [2.45, 2.75) is 13.5 Å². The summed E-state index contributed by atoms with van der Waals surface area (Å²) in [6.45, 7) is 2.55. The minimum atomic E-state index is -0.0750. The van der Waals surface area contributed by atoms with Crippen LogP contribution in [-0.4, -0.2) is 30.2 Å².